The summed E-state index contributed by atoms with van der Waals surface area (Å²) in [7, 11) is 0. The molecule has 1 rings (SSSR count). The number of aliphatic hydroxyl groups is 1. The highest BCUT2D eigenvalue weighted by Gasteiger charge is 2.22. The van der Waals surface area contributed by atoms with Crippen LogP contribution in [0.3, 0.4) is 0 Å². The summed E-state index contributed by atoms with van der Waals surface area (Å²) in [6.07, 6.45) is 3.29. The van der Waals surface area contributed by atoms with E-state index in [1.807, 2.05) is 13.0 Å². The van der Waals surface area contributed by atoms with Crippen LogP contribution in [-0.2, 0) is 6.42 Å². The third-order valence-corrected chi connectivity index (χ3v) is 2.83. The fourth-order valence-corrected chi connectivity index (χ4v) is 2.14. The molecule has 0 bridgehead atoms. The molecule has 0 amide bonds. The third kappa shape index (κ3) is 3.27. The van der Waals surface area contributed by atoms with Gasteiger partial charge in [0.05, 0.1) is 6.10 Å². The van der Waals surface area contributed by atoms with Gasteiger partial charge in [-0.05, 0) is 25.3 Å². The van der Waals surface area contributed by atoms with Crippen molar-refractivity contribution in [3.8, 4) is 0 Å². The molecule has 0 aliphatic carbocycles. The van der Waals surface area contributed by atoms with Crippen LogP contribution in [0.15, 0.2) is 12.4 Å². The zero-order valence-electron chi connectivity index (χ0n) is 10.6. The molecule has 90 valence electrons. The number of rotatable bonds is 5. The van der Waals surface area contributed by atoms with Crippen molar-refractivity contribution in [1.82, 2.24) is 9.97 Å². The smallest absolute Gasteiger partial charge is 0.115 e. The van der Waals surface area contributed by atoms with Crippen molar-refractivity contribution in [2.75, 3.05) is 0 Å². The predicted molar refractivity (Wildman–Crippen MR) is 65.3 cm³/mol. The summed E-state index contributed by atoms with van der Waals surface area (Å²) in [5.74, 6) is 0.475. The number of nitrogens with zero attached hydrogens (tertiary/aromatic N) is 2. The Kier molecular flexibility index (Phi) is 4.87. The lowest BCUT2D eigenvalue weighted by atomic mass is 9.87. The van der Waals surface area contributed by atoms with E-state index in [9.17, 15) is 5.11 Å². The predicted octanol–water partition coefficient (Wildman–Crippen LogP) is 2.55. The van der Waals surface area contributed by atoms with Crippen LogP contribution in [0.1, 0.15) is 51.4 Å². The second-order valence-electron chi connectivity index (χ2n) is 4.69. The first-order valence-electron chi connectivity index (χ1n) is 6.05. The lowest BCUT2D eigenvalue weighted by molar-refractivity contribution is 0.138. The molecule has 2 atom stereocenters. The molecule has 16 heavy (non-hydrogen) atoms. The fourth-order valence-electron chi connectivity index (χ4n) is 2.14. The number of hydrogen-bond acceptors (Lipinski definition) is 3. The molecular formula is C13H22N2O. The molecule has 0 aliphatic rings. The van der Waals surface area contributed by atoms with Crippen LogP contribution >= 0.6 is 0 Å². The highest BCUT2D eigenvalue weighted by Crippen LogP contribution is 2.26. The highest BCUT2D eigenvalue weighted by atomic mass is 16.3. The van der Waals surface area contributed by atoms with Crippen molar-refractivity contribution >= 4 is 0 Å². The van der Waals surface area contributed by atoms with Crippen LogP contribution in [-0.4, -0.2) is 21.2 Å². The van der Waals surface area contributed by atoms with Crippen molar-refractivity contribution in [3.63, 3.8) is 0 Å². The maximum absolute atomic E-state index is 9.80. The summed E-state index contributed by atoms with van der Waals surface area (Å²) in [4.78, 5) is 8.53. The van der Waals surface area contributed by atoms with Crippen LogP contribution in [0.4, 0.5) is 0 Å². The van der Waals surface area contributed by atoms with Gasteiger partial charge in [-0.2, -0.15) is 0 Å². The molecule has 3 heteroatoms. The van der Waals surface area contributed by atoms with Gasteiger partial charge in [0, 0.05) is 17.3 Å². The number of aromatic nitrogens is 2. The number of hydrogen-bond donors (Lipinski definition) is 1. The zero-order valence-corrected chi connectivity index (χ0v) is 10.6. The van der Waals surface area contributed by atoms with Gasteiger partial charge in [-0.15, -0.1) is 0 Å². The van der Waals surface area contributed by atoms with Gasteiger partial charge in [-0.1, -0.05) is 27.2 Å². The Morgan fingerprint density at radius 1 is 1.25 bits per heavy atom. The van der Waals surface area contributed by atoms with Crippen molar-refractivity contribution in [3.05, 3.63) is 23.8 Å². The van der Waals surface area contributed by atoms with Crippen molar-refractivity contribution < 1.29 is 5.11 Å². The first-order chi connectivity index (χ1) is 7.56. The molecular weight excluding hydrogens is 200 g/mol. The van der Waals surface area contributed by atoms with Crippen LogP contribution in [0.2, 0.25) is 0 Å². The topological polar surface area (TPSA) is 46.0 Å². The van der Waals surface area contributed by atoms with Gasteiger partial charge in [0.2, 0.25) is 0 Å². The van der Waals surface area contributed by atoms with Crippen molar-refractivity contribution in [2.45, 2.75) is 52.6 Å². The van der Waals surface area contributed by atoms with E-state index < -0.39 is 0 Å². The van der Waals surface area contributed by atoms with Crippen LogP contribution in [0.25, 0.3) is 0 Å². The Bertz CT molecular complexity index is 315. The molecule has 0 fully saturated rings. The van der Waals surface area contributed by atoms with Gasteiger partial charge in [-0.25, -0.2) is 9.97 Å². The van der Waals surface area contributed by atoms with E-state index >= 15 is 0 Å². The van der Waals surface area contributed by atoms with Gasteiger partial charge in [0.1, 0.15) is 6.33 Å². The molecule has 0 saturated carbocycles. The SMILES string of the molecule is CCCc1cc(C(C(C)C)C(C)O)ncn1. The minimum absolute atomic E-state index is 0.0959. The minimum atomic E-state index is -0.371. The van der Waals surface area contributed by atoms with Crippen molar-refractivity contribution in [2.24, 2.45) is 5.92 Å². The van der Waals surface area contributed by atoms with E-state index in [1.165, 1.54) is 0 Å². The Morgan fingerprint density at radius 3 is 2.44 bits per heavy atom. The molecule has 0 aromatic carbocycles. The molecule has 1 heterocycles. The summed E-state index contributed by atoms with van der Waals surface area (Å²) in [5.41, 5.74) is 2.03. The zero-order chi connectivity index (χ0) is 12.1. The molecule has 0 aliphatic heterocycles. The highest BCUT2D eigenvalue weighted by molar-refractivity contribution is 5.14. The summed E-state index contributed by atoms with van der Waals surface area (Å²) in [5, 5.41) is 9.80. The molecule has 3 nitrogen and oxygen atoms in total. The first kappa shape index (κ1) is 13.1. The van der Waals surface area contributed by atoms with E-state index in [1.54, 1.807) is 6.33 Å². The Labute approximate surface area is 97.9 Å². The van der Waals surface area contributed by atoms with Gasteiger partial charge < -0.3 is 5.11 Å². The fraction of sp³-hybridized carbons (Fsp3) is 0.692. The Morgan fingerprint density at radius 2 is 1.94 bits per heavy atom. The molecule has 0 saturated heterocycles. The summed E-state index contributed by atoms with van der Waals surface area (Å²) >= 11 is 0. The monoisotopic (exact) mass is 222 g/mol. The summed E-state index contributed by atoms with van der Waals surface area (Å²) in [6, 6.07) is 2.03. The number of aryl methyl sites for hydroxylation is 1. The maximum atomic E-state index is 9.80. The minimum Gasteiger partial charge on any atom is -0.393 e. The summed E-state index contributed by atoms with van der Waals surface area (Å²) in [6.45, 7) is 8.18. The van der Waals surface area contributed by atoms with Gasteiger partial charge in [0.15, 0.2) is 0 Å². The number of aliphatic hydroxyl groups excluding tert-OH is 1. The quantitative estimate of drug-likeness (QED) is 0.832. The van der Waals surface area contributed by atoms with E-state index in [4.69, 9.17) is 0 Å². The molecule has 2 unspecified atom stereocenters. The molecule has 1 aromatic rings. The van der Waals surface area contributed by atoms with E-state index in [-0.39, 0.29) is 12.0 Å². The average Bonchev–Trinajstić information content (AvgIpc) is 2.17. The molecule has 1 N–H and O–H groups in total. The molecule has 0 radical (unpaired) electrons. The van der Waals surface area contributed by atoms with Gasteiger partial charge in [0.25, 0.3) is 0 Å². The van der Waals surface area contributed by atoms with Crippen LogP contribution in [0.5, 0.6) is 0 Å². The molecule has 0 spiro atoms. The largest absolute Gasteiger partial charge is 0.393 e. The Balaban J connectivity index is 2.95. The summed E-state index contributed by atoms with van der Waals surface area (Å²) < 4.78 is 0. The lowest BCUT2D eigenvalue weighted by Gasteiger charge is -2.23. The second kappa shape index (κ2) is 5.94. The van der Waals surface area contributed by atoms with E-state index in [2.05, 4.69) is 30.7 Å². The Hall–Kier alpha value is -0.960. The lowest BCUT2D eigenvalue weighted by Crippen LogP contribution is -2.21. The van der Waals surface area contributed by atoms with Crippen LogP contribution in [0, 0.1) is 5.92 Å². The first-order valence-corrected chi connectivity index (χ1v) is 6.05. The standard InChI is InChI=1S/C13H22N2O/c1-5-6-11-7-12(15-8-14-11)13(9(2)3)10(4)16/h7-10,13,16H,5-6H2,1-4H3. The van der Waals surface area contributed by atoms with Crippen LogP contribution < -0.4 is 0 Å². The third-order valence-electron chi connectivity index (χ3n) is 2.83. The van der Waals surface area contributed by atoms with E-state index in [0.717, 1.165) is 24.2 Å². The normalized spacial score (nSPS) is 15.1. The van der Waals surface area contributed by atoms with Gasteiger partial charge >= 0.3 is 0 Å². The van der Waals surface area contributed by atoms with E-state index in [0.29, 0.717) is 5.92 Å². The van der Waals surface area contributed by atoms with Crippen molar-refractivity contribution in [1.29, 1.82) is 0 Å². The molecule has 1 aromatic heterocycles. The second-order valence-corrected chi connectivity index (χ2v) is 4.69. The maximum Gasteiger partial charge on any atom is 0.115 e. The average molecular weight is 222 g/mol. The van der Waals surface area contributed by atoms with Gasteiger partial charge in [-0.3, -0.25) is 0 Å².